The number of fused-ring (bicyclic) bond motifs is 1. The molecule has 0 heterocycles. The van der Waals surface area contributed by atoms with E-state index in [1.165, 1.54) is 17.5 Å². The van der Waals surface area contributed by atoms with Crippen LogP contribution in [0.1, 0.15) is 28.8 Å². The van der Waals surface area contributed by atoms with Crippen LogP contribution in [-0.4, -0.2) is 14.2 Å². The number of hydrogen-bond donors (Lipinski definition) is 0. The normalized spacial score (nSPS) is 19.1. The lowest BCUT2D eigenvalue weighted by molar-refractivity contribution is 0.387. The van der Waals surface area contributed by atoms with Gasteiger partial charge in [-0.3, -0.25) is 0 Å². The van der Waals surface area contributed by atoms with E-state index in [2.05, 4.69) is 31.9 Å². The Bertz CT molecular complexity index is 404. The summed E-state index contributed by atoms with van der Waals surface area (Å²) in [7, 11) is 3.42. The summed E-state index contributed by atoms with van der Waals surface area (Å²) in [5.74, 6) is 1.88. The second-order valence-electron chi connectivity index (χ2n) is 3.85. The molecule has 88 valence electrons. The molecule has 1 aromatic rings. The van der Waals surface area contributed by atoms with Crippen LogP contribution in [0.2, 0.25) is 0 Å². The zero-order valence-corrected chi connectivity index (χ0v) is 12.5. The van der Waals surface area contributed by atoms with Crippen molar-refractivity contribution in [2.24, 2.45) is 0 Å². The van der Waals surface area contributed by atoms with Gasteiger partial charge in [-0.25, -0.2) is 0 Å². The first kappa shape index (κ1) is 12.2. The molecule has 0 saturated carbocycles. The number of benzene rings is 1. The molecule has 0 N–H and O–H groups in total. The fraction of sp³-hybridized carbons (Fsp3) is 0.500. The molecule has 4 heteroatoms. The van der Waals surface area contributed by atoms with Gasteiger partial charge in [-0.2, -0.15) is 0 Å². The van der Waals surface area contributed by atoms with Crippen molar-refractivity contribution in [3.05, 3.63) is 21.7 Å². The maximum Gasteiger partial charge on any atom is 0.137 e. The van der Waals surface area contributed by atoms with E-state index in [1.807, 2.05) is 6.07 Å². The van der Waals surface area contributed by atoms with E-state index in [4.69, 9.17) is 9.47 Å². The lowest BCUT2D eigenvalue weighted by atomic mass is 9.90. The van der Waals surface area contributed by atoms with Gasteiger partial charge in [0.2, 0.25) is 0 Å². The molecule has 1 unspecified atom stereocenters. The van der Waals surface area contributed by atoms with E-state index in [1.54, 1.807) is 14.2 Å². The van der Waals surface area contributed by atoms with Crippen LogP contribution >= 0.6 is 31.9 Å². The van der Waals surface area contributed by atoms with Crippen LogP contribution in [-0.2, 0) is 6.42 Å². The van der Waals surface area contributed by atoms with Crippen LogP contribution in [0.15, 0.2) is 10.5 Å². The van der Waals surface area contributed by atoms with Crippen LogP contribution < -0.4 is 9.47 Å². The van der Waals surface area contributed by atoms with Gasteiger partial charge in [-0.05, 0) is 41.3 Å². The molecule has 1 aromatic carbocycles. The lowest BCUT2D eigenvalue weighted by Crippen LogP contribution is -2.09. The zero-order chi connectivity index (χ0) is 11.7. The molecule has 2 rings (SSSR count). The molecule has 1 aliphatic rings. The highest BCUT2D eigenvalue weighted by Gasteiger charge is 2.26. The zero-order valence-electron chi connectivity index (χ0n) is 9.35. The summed E-state index contributed by atoms with van der Waals surface area (Å²) in [6, 6.07) is 1.99. The molecule has 0 spiro atoms. The minimum absolute atomic E-state index is 0.359. The van der Waals surface area contributed by atoms with Crippen molar-refractivity contribution in [1.29, 1.82) is 0 Å². The van der Waals surface area contributed by atoms with Crippen LogP contribution in [0.3, 0.4) is 0 Å². The number of hydrogen-bond acceptors (Lipinski definition) is 2. The number of alkyl halides is 1. The van der Waals surface area contributed by atoms with E-state index in [-0.39, 0.29) is 0 Å². The highest BCUT2D eigenvalue weighted by atomic mass is 79.9. The molecule has 0 bridgehead atoms. The summed E-state index contributed by atoms with van der Waals surface area (Å²) in [5.41, 5.74) is 2.51. The van der Waals surface area contributed by atoms with E-state index in [0.717, 1.165) is 28.8 Å². The van der Waals surface area contributed by atoms with Crippen molar-refractivity contribution in [1.82, 2.24) is 0 Å². The minimum Gasteiger partial charge on any atom is -0.496 e. The summed E-state index contributed by atoms with van der Waals surface area (Å²) in [5, 5.41) is 0. The topological polar surface area (TPSA) is 18.5 Å². The van der Waals surface area contributed by atoms with Gasteiger partial charge in [0.05, 0.1) is 18.7 Å². The molecule has 2 nitrogen and oxygen atoms in total. The van der Waals surface area contributed by atoms with Crippen LogP contribution in [0.5, 0.6) is 11.5 Å². The fourth-order valence-electron chi connectivity index (χ4n) is 2.25. The highest BCUT2D eigenvalue weighted by molar-refractivity contribution is 9.10. The first-order valence-corrected chi connectivity index (χ1v) is 6.97. The average Bonchev–Trinajstić information content (AvgIpc) is 2.29. The molecule has 16 heavy (non-hydrogen) atoms. The predicted molar refractivity (Wildman–Crippen MR) is 71.9 cm³/mol. The van der Waals surface area contributed by atoms with E-state index in [9.17, 15) is 0 Å². The molecule has 0 amide bonds. The minimum atomic E-state index is 0.359. The maximum atomic E-state index is 5.48. The van der Waals surface area contributed by atoms with Gasteiger partial charge in [0.1, 0.15) is 11.5 Å². The van der Waals surface area contributed by atoms with Gasteiger partial charge >= 0.3 is 0 Å². The van der Waals surface area contributed by atoms with Crippen molar-refractivity contribution in [3.8, 4) is 11.5 Å². The van der Waals surface area contributed by atoms with E-state index >= 15 is 0 Å². The Balaban J connectivity index is 2.66. The molecule has 0 fully saturated rings. The largest absolute Gasteiger partial charge is 0.496 e. The molecule has 0 aromatic heterocycles. The van der Waals surface area contributed by atoms with E-state index in [0.29, 0.717) is 4.83 Å². The third kappa shape index (κ3) is 1.97. The average molecular weight is 350 g/mol. The van der Waals surface area contributed by atoms with Gasteiger partial charge in [0.25, 0.3) is 0 Å². The fourth-order valence-corrected chi connectivity index (χ4v) is 3.64. The third-order valence-electron chi connectivity index (χ3n) is 2.96. The van der Waals surface area contributed by atoms with Gasteiger partial charge in [-0.15, -0.1) is 0 Å². The summed E-state index contributed by atoms with van der Waals surface area (Å²) in [4.78, 5) is 0.359. The SMILES string of the molecule is COc1cc(Br)c(OC)c2c1CCCC2Br. The van der Waals surface area contributed by atoms with Crippen LogP contribution in [0.4, 0.5) is 0 Å². The standard InChI is InChI=1S/C12H14Br2O2/c1-15-10-6-9(14)12(16-2)11-7(10)4-3-5-8(11)13/h6,8H,3-5H2,1-2H3. The van der Waals surface area contributed by atoms with Gasteiger partial charge in [0.15, 0.2) is 0 Å². The molecular formula is C12H14Br2O2. The van der Waals surface area contributed by atoms with Crippen LogP contribution in [0.25, 0.3) is 0 Å². The quantitative estimate of drug-likeness (QED) is 0.743. The molecule has 0 saturated heterocycles. The second kappa shape index (κ2) is 4.96. The van der Waals surface area contributed by atoms with Gasteiger partial charge in [0, 0.05) is 16.0 Å². The summed E-state index contributed by atoms with van der Waals surface area (Å²) < 4.78 is 11.9. The summed E-state index contributed by atoms with van der Waals surface area (Å²) >= 11 is 7.25. The highest BCUT2D eigenvalue weighted by Crippen LogP contribution is 2.48. The second-order valence-corrected chi connectivity index (χ2v) is 5.81. The first-order chi connectivity index (χ1) is 7.69. The first-order valence-electron chi connectivity index (χ1n) is 5.26. The predicted octanol–water partition coefficient (Wildman–Crippen LogP) is 4.24. The summed E-state index contributed by atoms with van der Waals surface area (Å²) in [6.45, 7) is 0. The van der Waals surface area contributed by atoms with Crippen molar-refractivity contribution < 1.29 is 9.47 Å². The number of methoxy groups -OCH3 is 2. The molecule has 1 atom stereocenters. The smallest absolute Gasteiger partial charge is 0.137 e. The molecule has 0 radical (unpaired) electrons. The molecule has 0 aliphatic heterocycles. The number of halogens is 2. The Labute approximate surface area is 113 Å². The Morgan fingerprint density at radius 2 is 2.06 bits per heavy atom. The van der Waals surface area contributed by atoms with Gasteiger partial charge < -0.3 is 9.47 Å². The maximum absolute atomic E-state index is 5.48. The number of ether oxygens (including phenoxy) is 2. The van der Waals surface area contributed by atoms with Crippen molar-refractivity contribution >= 4 is 31.9 Å². The lowest BCUT2D eigenvalue weighted by Gasteiger charge is -2.26. The van der Waals surface area contributed by atoms with Gasteiger partial charge in [-0.1, -0.05) is 15.9 Å². The van der Waals surface area contributed by atoms with E-state index < -0.39 is 0 Å². The molecular weight excluding hydrogens is 336 g/mol. The Morgan fingerprint density at radius 1 is 1.31 bits per heavy atom. The van der Waals surface area contributed by atoms with Crippen LogP contribution in [0, 0.1) is 0 Å². The Hall–Kier alpha value is -0.220. The third-order valence-corrected chi connectivity index (χ3v) is 4.47. The van der Waals surface area contributed by atoms with Crippen molar-refractivity contribution in [3.63, 3.8) is 0 Å². The molecule has 1 aliphatic carbocycles. The monoisotopic (exact) mass is 348 g/mol. The Morgan fingerprint density at radius 3 is 2.69 bits per heavy atom. The van der Waals surface area contributed by atoms with Crippen molar-refractivity contribution in [2.75, 3.05) is 14.2 Å². The Kier molecular flexibility index (Phi) is 3.80. The summed E-state index contributed by atoms with van der Waals surface area (Å²) in [6.07, 6.45) is 3.39. The van der Waals surface area contributed by atoms with Crippen molar-refractivity contribution in [2.45, 2.75) is 24.1 Å². The number of rotatable bonds is 2.